The standard InChI is InChI=1S/C16H29NO4/c1-12(13-7-5-4-6-8-13)9-14(18)17-16(2,11-21-3)10-15(19)20/h12-13H,4-11H2,1-3H3,(H,17,18)(H,19,20). The summed E-state index contributed by atoms with van der Waals surface area (Å²) in [4.78, 5) is 23.1. The molecule has 2 atom stereocenters. The van der Waals surface area contributed by atoms with Gasteiger partial charge in [-0.25, -0.2) is 0 Å². The number of methoxy groups -OCH3 is 1. The Bertz CT molecular complexity index is 352. The number of carbonyl (C=O) groups excluding carboxylic acids is 1. The van der Waals surface area contributed by atoms with Crippen molar-refractivity contribution in [2.45, 2.75) is 64.3 Å². The van der Waals surface area contributed by atoms with E-state index in [4.69, 9.17) is 9.84 Å². The molecule has 1 fully saturated rings. The van der Waals surface area contributed by atoms with Gasteiger partial charge in [-0.1, -0.05) is 39.0 Å². The van der Waals surface area contributed by atoms with Crippen LogP contribution in [0.4, 0.5) is 0 Å². The van der Waals surface area contributed by atoms with Gasteiger partial charge in [-0.3, -0.25) is 9.59 Å². The van der Waals surface area contributed by atoms with Gasteiger partial charge in [0.05, 0.1) is 18.6 Å². The lowest BCUT2D eigenvalue weighted by Crippen LogP contribution is -2.51. The number of hydrogen-bond acceptors (Lipinski definition) is 3. The van der Waals surface area contributed by atoms with E-state index in [1.807, 2.05) is 0 Å². The van der Waals surface area contributed by atoms with Crippen LogP contribution in [0.3, 0.4) is 0 Å². The van der Waals surface area contributed by atoms with Crippen LogP contribution >= 0.6 is 0 Å². The van der Waals surface area contributed by atoms with Crippen LogP contribution in [0, 0.1) is 11.8 Å². The number of carboxylic acids is 1. The van der Waals surface area contributed by atoms with Gasteiger partial charge >= 0.3 is 5.97 Å². The van der Waals surface area contributed by atoms with Gasteiger partial charge in [0.2, 0.25) is 5.91 Å². The monoisotopic (exact) mass is 299 g/mol. The molecule has 0 bridgehead atoms. The molecule has 1 rings (SSSR count). The van der Waals surface area contributed by atoms with E-state index < -0.39 is 11.5 Å². The fourth-order valence-electron chi connectivity index (χ4n) is 3.33. The molecule has 0 aromatic rings. The zero-order valence-electron chi connectivity index (χ0n) is 13.5. The number of hydrogen-bond donors (Lipinski definition) is 2. The lowest BCUT2D eigenvalue weighted by atomic mass is 9.79. The second-order valence-electron chi connectivity index (χ2n) is 6.69. The van der Waals surface area contributed by atoms with Crippen LogP contribution in [-0.2, 0) is 14.3 Å². The molecule has 0 spiro atoms. The van der Waals surface area contributed by atoms with E-state index >= 15 is 0 Å². The molecule has 5 heteroatoms. The summed E-state index contributed by atoms with van der Waals surface area (Å²) in [6.45, 7) is 4.04. The van der Waals surface area contributed by atoms with E-state index in [2.05, 4.69) is 12.2 Å². The number of carboxylic acid groups (broad SMARTS) is 1. The van der Waals surface area contributed by atoms with Crippen LogP contribution in [0.5, 0.6) is 0 Å². The molecule has 21 heavy (non-hydrogen) atoms. The quantitative estimate of drug-likeness (QED) is 0.722. The van der Waals surface area contributed by atoms with Crippen molar-refractivity contribution in [3.05, 3.63) is 0 Å². The number of aliphatic carboxylic acids is 1. The molecule has 0 radical (unpaired) electrons. The number of rotatable bonds is 8. The third-order valence-corrected chi connectivity index (χ3v) is 4.41. The topological polar surface area (TPSA) is 75.6 Å². The Labute approximate surface area is 127 Å². The van der Waals surface area contributed by atoms with Gasteiger partial charge < -0.3 is 15.2 Å². The summed E-state index contributed by atoms with van der Waals surface area (Å²) in [7, 11) is 1.51. The third kappa shape index (κ3) is 6.46. The van der Waals surface area contributed by atoms with E-state index in [9.17, 15) is 9.59 Å². The molecule has 0 aromatic carbocycles. The Balaban J connectivity index is 2.50. The molecule has 5 nitrogen and oxygen atoms in total. The smallest absolute Gasteiger partial charge is 0.305 e. The van der Waals surface area contributed by atoms with Gasteiger partial charge in [-0.15, -0.1) is 0 Å². The maximum absolute atomic E-state index is 12.2. The van der Waals surface area contributed by atoms with Crippen molar-refractivity contribution in [2.75, 3.05) is 13.7 Å². The molecule has 2 N–H and O–H groups in total. The van der Waals surface area contributed by atoms with Crippen molar-refractivity contribution in [1.82, 2.24) is 5.32 Å². The lowest BCUT2D eigenvalue weighted by Gasteiger charge is -2.31. The fourth-order valence-corrected chi connectivity index (χ4v) is 3.33. The van der Waals surface area contributed by atoms with Crippen molar-refractivity contribution >= 4 is 11.9 Å². The van der Waals surface area contributed by atoms with E-state index in [0.29, 0.717) is 18.3 Å². The average Bonchev–Trinajstić information content (AvgIpc) is 2.38. The van der Waals surface area contributed by atoms with E-state index in [1.54, 1.807) is 6.92 Å². The molecular formula is C16H29NO4. The first kappa shape index (κ1) is 18.0. The van der Waals surface area contributed by atoms with Gasteiger partial charge in [0, 0.05) is 13.5 Å². The van der Waals surface area contributed by atoms with Crippen LogP contribution in [0.25, 0.3) is 0 Å². The first-order valence-electron chi connectivity index (χ1n) is 7.88. The normalized spacial score (nSPS) is 20.5. The minimum atomic E-state index is -0.935. The van der Waals surface area contributed by atoms with E-state index in [-0.39, 0.29) is 18.9 Å². The van der Waals surface area contributed by atoms with Gasteiger partial charge in [0.1, 0.15) is 0 Å². The Kier molecular flexibility index (Phi) is 7.15. The number of ether oxygens (including phenoxy) is 1. The predicted molar refractivity (Wildman–Crippen MR) is 81.0 cm³/mol. The van der Waals surface area contributed by atoms with Crippen LogP contribution in [0.1, 0.15) is 58.8 Å². The molecule has 1 aliphatic carbocycles. The van der Waals surface area contributed by atoms with Crippen molar-refractivity contribution in [2.24, 2.45) is 11.8 Å². The molecule has 122 valence electrons. The second kappa shape index (κ2) is 8.37. The summed E-state index contributed by atoms with van der Waals surface area (Å²) in [5.41, 5.74) is -0.843. The molecular weight excluding hydrogens is 270 g/mol. The highest BCUT2D eigenvalue weighted by Gasteiger charge is 2.31. The summed E-state index contributed by atoms with van der Waals surface area (Å²) < 4.78 is 5.05. The maximum atomic E-state index is 12.2. The highest BCUT2D eigenvalue weighted by molar-refractivity contribution is 5.78. The third-order valence-electron chi connectivity index (χ3n) is 4.41. The first-order valence-corrected chi connectivity index (χ1v) is 7.88. The summed E-state index contributed by atoms with van der Waals surface area (Å²) in [5.74, 6) is -0.0383. The molecule has 0 saturated heterocycles. The van der Waals surface area contributed by atoms with Crippen LogP contribution in [0.2, 0.25) is 0 Å². The average molecular weight is 299 g/mol. The van der Waals surface area contributed by atoms with Crippen molar-refractivity contribution in [3.63, 3.8) is 0 Å². The van der Waals surface area contributed by atoms with Gasteiger partial charge in [-0.2, -0.15) is 0 Å². The van der Waals surface area contributed by atoms with Crippen molar-refractivity contribution in [1.29, 1.82) is 0 Å². The molecule has 0 aromatic heterocycles. The minimum absolute atomic E-state index is 0.0751. The van der Waals surface area contributed by atoms with E-state index in [0.717, 1.165) is 0 Å². The molecule has 0 aliphatic heterocycles. The summed E-state index contributed by atoms with van der Waals surface area (Å²) >= 11 is 0. The van der Waals surface area contributed by atoms with Gasteiger partial charge in [0.15, 0.2) is 0 Å². The molecule has 2 unspecified atom stereocenters. The first-order chi connectivity index (χ1) is 9.86. The van der Waals surface area contributed by atoms with Crippen molar-refractivity contribution < 1.29 is 19.4 Å². The van der Waals surface area contributed by atoms with Crippen LogP contribution < -0.4 is 5.32 Å². The van der Waals surface area contributed by atoms with Crippen molar-refractivity contribution in [3.8, 4) is 0 Å². The highest BCUT2D eigenvalue weighted by Crippen LogP contribution is 2.31. The number of carbonyl (C=O) groups is 2. The molecule has 1 aliphatic rings. The van der Waals surface area contributed by atoms with Crippen LogP contribution in [-0.4, -0.2) is 36.2 Å². The molecule has 1 amide bonds. The molecule has 0 heterocycles. The van der Waals surface area contributed by atoms with Crippen LogP contribution in [0.15, 0.2) is 0 Å². The maximum Gasteiger partial charge on any atom is 0.305 e. The summed E-state index contributed by atoms with van der Waals surface area (Å²) in [5, 5.41) is 11.8. The molecule has 1 saturated carbocycles. The van der Waals surface area contributed by atoms with Gasteiger partial charge in [-0.05, 0) is 18.8 Å². The predicted octanol–water partition coefficient (Wildman–Crippen LogP) is 2.59. The Morgan fingerprint density at radius 2 is 1.95 bits per heavy atom. The minimum Gasteiger partial charge on any atom is -0.481 e. The number of nitrogens with one attached hydrogen (secondary N) is 1. The Hall–Kier alpha value is -1.10. The SMILES string of the molecule is COCC(C)(CC(=O)O)NC(=O)CC(C)C1CCCCC1. The Morgan fingerprint density at radius 3 is 2.48 bits per heavy atom. The highest BCUT2D eigenvalue weighted by atomic mass is 16.5. The second-order valence-corrected chi connectivity index (χ2v) is 6.69. The lowest BCUT2D eigenvalue weighted by molar-refractivity contribution is -0.139. The van der Waals surface area contributed by atoms with E-state index in [1.165, 1.54) is 39.2 Å². The fraction of sp³-hybridized carbons (Fsp3) is 0.875. The largest absolute Gasteiger partial charge is 0.481 e. The Morgan fingerprint density at radius 1 is 1.33 bits per heavy atom. The zero-order valence-corrected chi connectivity index (χ0v) is 13.5. The van der Waals surface area contributed by atoms with Gasteiger partial charge in [0.25, 0.3) is 0 Å². The number of amides is 1. The summed E-state index contributed by atoms with van der Waals surface area (Å²) in [6.07, 6.45) is 6.57. The summed E-state index contributed by atoms with van der Waals surface area (Å²) in [6, 6.07) is 0. The zero-order chi connectivity index (χ0) is 15.9.